The SMILES string of the molecule is CSc1cc2c3c(c1)Oc1cc4c(cc1B3c1cnccc1O2)B1c2cc3c(cc2N(SC)c2cc(SC)cc(c21)N4SC)Oc1cc(SC)cc2c1B3c1cnccc1O2. The van der Waals surface area contributed by atoms with Crippen LogP contribution in [0.4, 0.5) is 22.7 Å². The van der Waals surface area contributed by atoms with E-state index in [0.717, 1.165) is 99.9 Å². The third-order valence-corrected chi connectivity index (χ3v) is 16.4. The van der Waals surface area contributed by atoms with E-state index in [9.17, 15) is 0 Å². The van der Waals surface area contributed by atoms with Gasteiger partial charge < -0.3 is 18.9 Å². The molecule has 0 radical (unpaired) electrons. The van der Waals surface area contributed by atoms with Crippen LogP contribution in [0.1, 0.15) is 0 Å². The highest BCUT2D eigenvalue weighted by Gasteiger charge is 2.49. The van der Waals surface area contributed by atoms with Crippen LogP contribution in [0.25, 0.3) is 0 Å². The molecule has 7 aromatic rings. The van der Waals surface area contributed by atoms with Crippen LogP contribution in [0.3, 0.4) is 0 Å². The topological polar surface area (TPSA) is 69.2 Å². The third-order valence-electron chi connectivity index (χ3n) is 12.8. The summed E-state index contributed by atoms with van der Waals surface area (Å²) in [6.07, 6.45) is 18.2. The molecule has 6 aliphatic rings. The second-order valence-electron chi connectivity index (χ2n) is 15.5. The van der Waals surface area contributed by atoms with Crippen molar-refractivity contribution in [2.45, 2.75) is 14.7 Å². The highest BCUT2D eigenvalue weighted by molar-refractivity contribution is 8.01. The number of rotatable bonds is 5. The number of aromatic nitrogens is 2. The number of hydrogen-bond acceptors (Lipinski definition) is 13. The van der Waals surface area contributed by atoms with Crippen LogP contribution in [0.2, 0.25) is 0 Å². The van der Waals surface area contributed by atoms with Crippen molar-refractivity contribution >= 4 is 151 Å². The van der Waals surface area contributed by atoms with E-state index in [1.54, 1.807) is 59.2 Å². The van der Waals surface area contributed by atoms with E-state index in [2.05, 4.69) is 111 Å². The molecule has 13 rings (SSSR count). The second kappa shape index (κ2) is 13.6. The number of hydrogen-bond donors (Lipinski definition) is 0. The molecule has 6 aliphatic heterocycles. The zero-order valence-electron chi connectivity index (χ0n) is 33.4. The molecule has 0 spiro atoms. The zero-order valence-corrected chi connectivity index (χ0v) is 37.5. The van der Waals surface area contributed by atoms with Gasteiger partial charge in [-0.1, -0.05) is 12.1 Å². The summed E-state index contributed by atoms with van der Waals surface area (Å²) >= 11 is 8.60. The van der Waals surface area contributed by atoms with Crippen LogP contribution in [-0.4, -0.2) is 61.4 Å². The molecule has 8 nitrogen and oxygen atoms in total. The highest BCUT2D eigenvalue weighted by atomic mass is 32.2. The Balaban J connectivity index is 1.09. The van der Waals surface area contributed by atoms with Gasteiger partial charge in [-0.3, -0.25) is 18.6 Å². The molecular formula is C45H31B3N4O4S5. The largest absolute Gasteiger partial charge is 0.458 e. The molecule has 0 amide bonds. The van der Waals surface area contributed by atoms with Crippen LogP contribution in [0.5, 0.6) is 46.0 Å². The van der Waals surface area contributed by atoms with Crippen LogP contribution >= 0.6 is 59.2 Å². The van der Waals surface area contributed by atoms with Crippen molar-refractivity contribution in [3.8, 4) is 46.0 Å². The van der Waals surface area contributed by atoms with Crippen molar-refractivity contribution in [2.24, 2.45) is 0 Å². The molecule has 0 saturated carbocycles. The van der Waals surface area contributed by atoms with E-state index >= 15 is 0 Å². The molecule has 16 heteroatoms. The maximum atomic E-state index is 6.99. The Morgan fingerprint density at radius 3 is 1.20 bits per heavy atom. The number of anilines is 4. The van der Waals surface area contributed by atoms with Gasteiger partial charge in [0.15, 0.2) is 0 Å². The highest BCUT2D eigenvalue weighted by Crippen LogP contribution is 2.47. The average molecular weight is 885 g/mol. The Kier molecular flexibility index (Phi) is 8.18. The lowest BCUT2D eigenvalue weighted by atomic mass is 9.30. The predicted molar refractivity (Wildman–Crippen MR) is 262 cm³/mol. The number of fused-ring (bicyclic) bond motifs is 12. The number of ether oxygens (including phenoxy) is 4. The maximum Gasteiger partial charge on any atom is 0.262 e. The van der Waals surface area contributed by atoms with Gasteiger partial charge in [0, 0.05) is 75.0 Å². The van der Waals surface area contributed by atoms with E-state index in [0.29, 0.717) is 0 Å². The molecule has 0 atom stereocenters. The molecule has 61 heavy (non-hydrogen) atoms. The fourth-order valence-corrected chi connectivity index (χ4v) is 13.0. The Morgan fingerprint density at radius 1 is 0.393 bits per heavy atom. The number of benzene rings is 5. The van der Waals surface area contributed by atoms with Crippen LogP contribution < -0.4 is 76.7 Å². The molecule has 2 aromatic heterocycles. The lowest BCUT2D eigenvalue weighted by Crippen LogP contribution is -2.65. The molecule has 0 N–H and O–H groups in total. The minimum atomic E-state index is -0.120. The first-order chi connectivity index (χ1) is 30.0. The summed E-state index contributed by atoms with van der Waals surface area (Å²) in [6, 6.07) is 26.7. The van der Waals surface area contributed by atoms with E-state index in [1.165, 1.54) is 32.7 Å². The molecule has 0 saturated heterocycles. The van der Waals surface area contributed by atoms with Crippen LogP contribution in [-0.2, 0) is 0 Å². The monoisotopic (exact) mass is 884 g/mol. The smallest absolute Gasteiger partial charge is 0.262 e. The number of thioether (sulfide) groups is 3. The van der Waals surface area contributed by atoms with Gasteiger partial charge in [0.25, 0.3) is 20.1 Å². The lowest BCUT2D eigenvalue weighted by Gasteiger charge is -2.44. The fourth-order valence-electron chi connectivity index (χ4n) is 10.3. The first-order valence-electron chi connectivity index (χ1n) is 19.8. The minimum absolute atomic E-state index is 0.103. The quantitative estimate of drug-likeness (QED) is 0.114. The normalized spacial score (nSPS) is 14.7. The first-order valence-corrected chi connectivity index (χ1v) is 25.8. The van der Waals surface area contributed by atoms with Gasteiger partial charge in [-0.15, -0.1) is 35.3 Å². The van der Waals surface area contributed by atoms with Crippen molar-refractivity contribution in [3.63, 3.8) is 0 Å². The summed E-state index contributed by atoms with van der Waals surface area (Å²) in [5.74, 6) is 6.66. The molecule has 0 fully saturated rings. The van der Waals surface area contributed by atoms with Crippen molar-refractivity contribution < 1.29 is 18.9 Å². The van der Waals surface area contributed by atoms with Gasteiger partial charge >= 0.3 is 0 Å². The van der Waals surface area contributed by atoms with Crippen molar-refractivity contribution in [1.82, 2.24) is 9.97 Å². The van der Waals surface area contributed by atoms with Gasteiger partial charge in [0.2, 0.25) is 0 Å². The number of pyridine rings is 2. The van der Waals surface area contributed by atoms with Crippen LogP contribution in [0, 0.1) is 0 Å². The van der Waals surface area contributed by atoms with E-state index in [4.69, 9.17) is 18.9 Å². The Hall–Kier alpha value is -4.86. The summed E-state index contributed by atoms with van der Waals surface area (Å²) in [7, 11) is 0. The molecule has 0 unspecified atom stereocenters. The number of nitrogens with zero attached hydrogens (tertiary/aromatic N) is 4. The van der Waals surface area contributed by atoms with Crippen molar-refractivity contribution in [1.29, 1.82) is 0 Å². The fraction of sp³-hybridized carbons (Fsp3) is 0.111. The third kappa shape index (κ3) is 5.08. The lowest BCUT2D eigenvalue weighted by molar-refractivity contribution is 0.461. The summed E-state index contributed by atoms with van der Waals surface area (Å²) < 4.78 is 32.0. The summed E-state index contributed by atoms with van der Waals surface area (Å²) in [4.78, 5) is 12.6. The van der Waals surface area contributed by atoms with Gasteiger partial charge in [-0.25, -0.2) is 0 Å². The maximum absolute atomic E-state index is 6.99. The molecule has 5 aromatic carbocycles. The van der Waals surface area contributed by atoms with Gasteiger partial charge in [0.1, 0.15) is 46.0 Å². The van der Waals surface area contributed by atoms with Crippen molar-refractivity contribution in [2.75, 3.05) is 39.9 Å². The Labute approximate surface area is 375 Å². The molecule has 294 valence electrons. The Bertz CT molecular complexity index is 2920. The zero-order chi connectivity index (χ0) is 40.8. The molecular weight excluding hydrogens is 853 g/mol. The van der Waals surface area contributed by atoms with E-state index in [-0.39, 0.29) is 20.1 Å². The van der Waals surface area contributed by atoms with Gasteiger partial charge in [0.05, 0.1) is 22.7 Å². The van der Waals surface area contributed by atoms with Crippen LogP contribution in [0.15, 0.2) is 112 Å². The van der Waals surface area contributed by atoms with Gasteiger partial charge in [-0.05, 0) is 129 Å². The van der Waals surface area contributed by atoms with E-state index < -0.39 is 0 Å². The van der Waals surface area contributed by atoms with Gasteiger partial charge in [-0.2, -0.15) is 0 Å². The second-order valence-corrected chi connectivity index (χ2v) is 19.6. The Morgan fingerprint density at radius 2 is 0.787 bits per heavy atom. The summed E-state index contributed by atoms with van der Waals surface area (Å²) in [5, 5.41) is 0. The molecule has 8 heterocycles. The first kappa shape index (κ1) is 36.8. The molecule has 0 bridgehead atoms. The average Bonchev–Trinajstić information content (AvgIpc) is 3.29. The minimum Gasteiger partial charge on any atom is -0.458 e. The molecule has 0 aliphatic carbocycles. The standard InChI is InChI=1S/C45H31B3N4O4S5/c1-57-22-10-33-43-34(11-22)52(61-5)32-19-38-28(48-30-21-50-9-7-36(30)54-40-13-24(59-3)15-42(56-38)45(40)48)17-26(32)46(43)25-16-27-37(18-31(25)51(33)60-4)55-41-14-23(58-2)12-39-44(41)47(27)29-20-49-8-6-35(29)53-39/h6-21H,1-5H3. The van der Waals surface area contributed by atoms with E-state index in [1.807, 2.05) is 36.9 Å². The predicted octanol–water partition coefficient (Wildman–Crippen LogP) is 6.07. The van der Waals surface area contributed by atoms with Crippen molar-refractivity contribution in [3.05, 3.63) is 97.6 Å². The summed E-state index contributed by atoms with van der Waals surface area (Å²) in [6.45, 7) is -0.344. The summed E-state index contributed by atoms with van der Waals surface area (Å²) in [5.41, 5.74) is 14.7.